The number of amides is 2. The summed E-state index contributed by atoms with van der Waals surface area (Å²) < 4.78 is 10.5. The highest BCUT2D eigenvalue weighted by Gasteiger charge is 2.33. The van der Waals surface area contributed by atoms with Gasteiger partial charge in [0.1, 0.15) is 11.5 Å². The fraction of sp³-hybridized carbons (Fsp3) is 0.579. The zero-order valence-electron chi connectivity index (χ0n) is 16.7. The molecular weight excluding hydrogens is 370 g/mol. The molecule has 1 saturated heterocycles. The van der Waals surface area contributed by atoms with Crippen LogP contribution in [0.4, 0.5) is 0 Å². The Morgan fingerprint density at radius 2 is 1.59 bits per heavy atom. The molecule has 152 valence electrons. The van der Waals surface area contributed by atoms with Crippen molar-refractivity contribution in [1.82, 2.24) is 9.80 Å². The van der Waals surface area contributed by atoms with Crippen molar-refractivity contribution in [3.05, 3.63) is 23.8 Å². The van der Waals surface area contributed by atoms with E-state index in [4.69, 9.17) is 15.2 Å². The van der Waals surface area contributed by atoms with Crippen LogP contribution in [0.1, 0.15) is 31.1 Å². The summed E-state index contributed by atoms with van der Waals surface area (Å²) in [5.74, 6) is 0.927. The van der Waals surface area contributed by atoms with Crippen molar-refractivity contribution in [3.8, 4) is 11.5 Å². The van der Waals surface area contributed by atoms with E-state index in [2.05, 4.69) is 0 Å². The molecule has 0 saturated carbocycles. The number of benzene rings is 1. The van der Waals surface area contributed by atoms with E-state index < -0.39 is 6.04 Å². The van der Waals surface area contributed by atoms with E-state index >= 15 is 0 Å². The second-order valence-corrected chi connectivity index (χ2v) is 7.53. The molecule has 8 heteroatoms. The molecule has 7 nitrogen and oxygen atoms in total. The van der Waals surface area contributed by atoms with Gasteiger partial charge >= 0.3 is 0 Å². The van der Waals surface area contributed by atoms with Crippen LogP contribution in [0.5, 0.6) is 11.5 Å². The van der Waals surface area contributed by atoms with Crippen LogP contribution in [-0.2, 0) is 4.79 Å². The van der Waals surface area contributed by atoms with Crippen molar-refractivity contribution in [1.29, 1.82) is 0 Å². The van der Waals surface area contributed by atoms with Crippen molar-refractivity contribution in [2.45, 2.75) is 26.8 Å². The van der Waals surface area contributed by atoms with Gasteiger partial charge in [0.15, 0.2) is 0 Å². The van der Waals surface area contributed by atoms with Crippen LogP contribution in [0, 0.1) is 5.41 Å². The lowest BCUT2D eigenvalue weighted by molar-refractivity contribution is -0.136. The van der Waals surface area contributed by atoms with Crippen molar-refractivity contribution >= 4 is 24.2 Å². The Bertz CT molecular complexity index is 667. The smallest absolute Gasteiger partial charge is 0.257 e. The van der Waals surface area contributed by atoms with Gasteiger partial charge in [0, 0.05) is 32.2 Å². The summed E-state index contributed by atoms with van der Waals surface area (Å²) in [5, 5.41) is 0. The molecule has 0 bridgehead atoms. The monoisotopic (exact) mass is 399 g/mol. The molecule has 1 aliphatic rings. The molecular formula is C19H30ClN3O4. The molecule has 1 atom stereocenters. The molecule has 0 spiro atoms. The van der Waals surface area contributed by atoms with Crippen molar-refractivity contribution in [3.63, 3.8) is 0 Å². The second-order valence-electron chi connectivity index (χ2n) is 7.53. The van der Waals surface area contributed by atoms with Crippen molar-refractivity contribution in [2.75, 3.05) is 40.4 Å². The van der Waals surface area contributed by atoms with E-state index in [1.807, 2.05) is 20.8 Å². The highest BCUT2D eigenvalue weighted by atomic mass is 35.5. The van der Waals surface area contributed by atoms with Crippen LogP contribution in [0.2, 0.25) is 0 Å². The Morgan fingerprint density at radius 1 is 1.04 bits per heavy atom. The van der Waals surface area contributed by atoms with Crippen LogP contribution in [-0.4, -0.2) is 68.1 Å². The van der Waals surface area contributed by atoms with Gasteiger partial charge in [-0.3, -0.25) is 9.59 Å². The number of nitrogens with two attached hydrogens (primary N) is 1. The Hall–Kier alpha value is -1.99. The Labute approximate surface area is 167 Å². The molecule has 1 aromatic rings. The van der Waals surface area contributed by atoms with Gasteiger partial charge in [0.25, 0.3) is 5.91 Å². The second kappa shape index (κ2) is 9.28. The Kier molecular flexibility index (Phi) is 7.92. The number of halogens is 1. The first-order valence-electron chi connectivity index (χ1n) is 8.74. The molecule has 0 radical (unpaired) electrons. The maximum absolute atomic E-state index is 12.8. The summed E-state index contributed by atoms with van der Waals surface area (Å²) >= 11 is 0. The average Bonchev–Trinajstić information content (AvgIpc) is 2.65. The van der Waals surface area contributed by atoms with Gasteiger partial charge in [0.05, 0.1) is 25.8 Å². The van der Waals surface area contributed by atoms with E-state index in [-0.39, 0.29) is 29.6 Å². The lowest BCUT2D eigenvalue weighted by Gasteiger charge is -2.38. The third-order valence-corrected chi connectivity index (χ3v) is 4.72. The minimum atomic E-state index is -0.550. The molecule has 1 aliphatic heterocycles. The number of rotatable bonds is 4. The van der Waals surface area contributed by atoms with Gasteiger partial charge in [-0.1, -0.05) is 20.8 Å². The van der Waals surface area contributed by atoms with Crippen molar-refractivity contribution in [2.24, 2.45) is 11.1 Å². The van der Waals surface area contributed by atoms with Crippen molar-refractivity contribution < 1.29 is 19.1 Å². The van der Waals surface area contributed by atoms with Crippen LogP contribution < -0.4 is 15.2 Å². The molecule has 0 aliphatic carbocycles. The summed E-state index contributed by atoms with van der Waals surface area (Å²) in [7, 11) is 3.09. The highest BCUT2D eigenvalue weighted by Crippen LogP contribution is 2.26. The summed E-state index contributed by atoms with van der Waals surface area (Å²) in [6, 6.07) is 4.58. The molecule has 1 aromatic carbocycles. The predicted molar refractivity (Wildman–Crippen MR) is 107 cm³/mol. The standard InChI is InChI=1S/C19H29N3O4.ClH/c1-19(2,3)16(20)18(24)22-10-8-21(9-11-22)17(23)14-7-6-13(25-4)12-15(14)26-5;/h6-7,12,16H,8-11,20H2,1-5H3;1H/t16-;/m1./s1. The molecule has 2 N–H and O–H groups in total. The highest BCUT2D eigenvalue weighted by molar-refractivity contribution is 5.97. The third kappa shape index (κ3) is 5.26. The summed E-state index contributed by atoms with van der Waals surface area (Å²) in [4.78, 5) is 28.8. The van der Waals surface area contributed by atoms with E-state index in [0.717, 1.165) is 0 Å². The van der Waals surface area contributed by atoms with Crippen LogP contribution in [0.25, 0.3) is 0 Å². The van der Waals surface area contributed by atoms with Crippen LogP contribution in [0.3, 0.4) is 0 Å². The van der Waals surface area contributed by atoms with Crippen LogP contribution in [0.15, 0.2) is 18.2 Å². The Balaban J connectivity index is 0.00000364. The van der Waals surface area contributed by atoms with Gasteiger partial charge in [-0.2, -0.15) is 0 Å². The van der Waals surface area contributed by atoms with E-state index in [1.165, 1.54) is 7.11 Å². The summed E-state index contributed by atoms with van der Waals surface area (Å²) in [5.41, 5.74) is 6.27. The molecule has 2 rings (SSSR count). The predicted octanol–water partition coefficient (Wildman–Crippen LogP) is 1.78. The van der Waals surface area contributed by atoms with E-state index in [1.54, 1.807) is 35.1 Å². The third-order valence-electron chi connectivity index (χ3n) is 4.72. The maximum atomic E-state index is 12.8. The molecule has 0 unspecified atom stereocenters. The topological polar surface area (TPSA) is 85.1 Å². The summed E-state index contributed by atoms with van der Waals surface area (Å²) in [6.07, 6.45) is 0. The Morgan fingerprint density at radius 3 is 2.07 bits per heavy atom. The number of carbonyl (C=O) groups excluding carboxylic acids is 2. The zero-order valence-corrected chi connectivity index (χ0v) is 17.5. The summed E-state index contributed by atoms with van der Waals surface area (Å²) in [6.45, 7) is 7.74. The number of methoxy groups -OCH3 is 2. The molecule has 2 amide bonds. The van der Waals surface area contributed by atoms with Gasteiger partial charge in [-0.05, 0) is 17.5 Å². The fourth-order valence-corrected chi connectivity index (χ4v) is 2.84. The van der Waals surface area contributed by atoms with E-state index in [0.29, 0.717) is 43.2 Å². The number of nitrogens with zero attached hydrogens (tertiary/aromatic N) is 2. The normalized spacial score (nSPS) is 15.6. The lowest BCUT2D eigenvalue weighted by atomic mass is 9.86. The minimum Gasteiger partial charge on any atom is -0.497 e. The van der Waals surface area contributed by atoms with Gasteiger partial charge in [-0.15, -0.1) is 12.4 Å². The zero-order chi connectivity index (χ0) is 19.5. The number of piperazine rings is 1. The maximum Gasteiger partial charge on any atom is 0.257 e. The van der Waals surface area contributed by atoms with Gasteiger partial charge in [0.2, 0.25) is 5.91 Å². The molecule has 0 aromatic heterocycles. The average molecular weight is 400 g/mol. The SMILES string of the molecule is COc1ccc(C(=O)N2CCN(C(=O)[C@@H](N)C(C)(C)C)CC2)c(OC)c1.Cl. The molecule has 27 heavy (non-hydrogen) atoms. The largest absolute Gasteiger partial charge is 0.497 e. The first kappa shape index (κ1) is 23.0. The number of ether oxygens (including phenoxy) is 2. The number of hydrogen-bond donors (Lipinski definition) is 1. The lowest BCUT2D eigenvalue weighted by Crippen LogP contribution is -2.57. The number of hydrogen-bond acceptors (Lipinski definition) is 5. The van der Waals surface area contributed by atoms with Gasteiger partial charge < -0.3 is 25.0 Å². The number of carbonyl (C=O) groups is 2. The fourth-order valence-electron chi connectivity index (χ4n) is 2.84. The van der Waals surface area contributed by atoms with Crippen LogP contribution >= 0.6 is 12.4 Å². The minimum absolute atomic E-state index is 0. The van der Waals surface area contributed by atoms with Gasteiger partial charge in [-0.25, -0.2) is 0 Å². The quantitative estimate of drug-likeness (QED) is 0.834. The molecule has 1 heterocycles. The first-order valence-corrected chi connectivity index (χ1v) is 8.74. The first-order chi connectivity index (χ1) is 12.2. The van der Waals surface area contributed by atoms with E-state index in [9.17, 15) is 9.59 Å². The molecule has 1 fully saturated rings.